The second-order valence-electron chi connectivity index (χ2n) is 17.0. The normalized spacial score (nSPS) is 11.8. The van der Waals surface area contributed by atoms with Crippen molar-refractivity contribution in [2.45, 2.75) is 0 Å². The van der Waals surface area contributed by atoms with Crippen molar-refractivity contribution in [3.8, 4) is 22.5 Å². The van der Waals surface area contributed by atoms with E-state index in [-0.39, 0.29) is 0 Å². The first kappa shape index (κ1) is 39.4. The van der Waals surface area contributed by atoms with Crippen molar-refractivity contribution in [3.63, 3.8) is 0 Å². The van der Waals surface area contributed by atoms with Gasteiger partial charge in [0.25, 0.3) is 0 Å². The van der Waals surface area contributed by atoms with Gasteiger partial charge >= 0.3 is 0 Å². The van der Waals surface area contributed by atoms with Gasteiger partial charge in [0.1, 0.15) is 11.3 Å². The van der Waals surface area contributed by atoms with E-state index in [1.54, 1.807) is 22.7 Å². The summed E-state index contributed by atoms with van der Waals surface area (Å²) < 4.78 is 11.6. The van der Waals surface area contributed by atoms with E-state index in [9.17, 15) is 0 Å². The van der Waals surface area contributed by atoms with Crippen LogP contribution in [0.25, 0.3) is 95.8 Å². The molecule has 14 rings (SSSR count). The van der Waals surface area contributed by atoms with Gasteiger partial charge in [-0.2, -0.15) is 0 Å². The first-order chi connectivity index (χ1) is 34.2. The van der Waals surface area contributed by atoms with Crippen molar-refractivity contribution in [3.05, 3.63) is 218 Å². The van der Waals surface area contributed by atoms with Crippen LogP contribution < -0.4 is 9.80 Å². The fraction of sp³-hybridized carbons (Fsp3) is 0. The van der Waals surface area contributed by atoms with Gasteiger partial charge in [-0.05, 0) is 66.0 Å². The van der Waals surface area contributed by atoms with Gasteiger partial charge in [0, 0.05) is 64.5 Å². The molecule has 9 aromatic carbocycles. The Labute approximate surface area is 403 Å². The Kier molecular flexibility index (Phi) is 9.11. The molecule has 9 heteroatoms. The third kappa shape index (κ3) is 6.47. The lowest BCUT2D eigenvalue weighted by molar-refractivity contribution is 0.669. The molecule has 5 heterocycles. The Balaban J connectivity index is 1.03. The number of hydrogen-bond donors (Lipinski definition) is 0. The summed E-state index contributed by atoms with van der Waals surface area (Å²) in [5.41, 5.74) is 10.8. The van der Waals surface area contributed by atoms with Crippen LogP contribution in [0, 0.1) is 0 Å². The lowest BCUT2D eigenvalue weighted by Gasteiger charge is -2.25. The number of anilines is 6. The third-order valence-corrected chi connectivity index (χ3v) is 15.2. The fourth-order valence-electron chi connectivity index (χ4n) is 9.72. The fourth-order valence-corrected chi connectivity index (χ4v) is 12.0. The molecule has 0 fully saturated rings. The first-order valence-electron chi connectivity index (χ1n) is 22.8. The number of nitrogens with zero attached hydrogens (tertiary/aromatic N) is 6. The molecule has 0 spiro atoms. The van der Waals surface area contributed by atoms with E-state index in [4.69, 9.17) is 24.4 Å². The summed E-state index contributed by atoms with van der Waals surface area (Å²) >= 11 is 3.46. The van der Waals surface area contributed by atoms with Crippen LogP contribution in [0.1, 0.15) is 0 Å². The number of benzene rings is 9. The van der Waals surface area contributed by atoms with E-state index < -0.39 is 0 Å². The van der Waals surface area contributed by atoms with Gasteiger partial charge < -0.3 is 4.42 Å². The van der Waals surface area contributed by atoms with Crippen molar-refractivity contribution >= 4 is 131 Å². The first-order valence-corrected chi connectivity index (χ1v) is 24.4. The van der Waals surface area contributed by atoms with E-state index in [0.717, 1.165) is 114 Å². The summed E-state index contributed by atoms with van der Waals surface area (Å²) in [5, 5.41) is 6.20. The Morgan fingerprint density at radius 2 is 0.841 bits per heavy atom. The van der Waals surface area contributed by atoms with Gasteiger partial charge in [-0.1, -0.05) is 158 Å². The average Bonchev–Trinajstić information content (AvgIpc) is 4.11. The van der Waals surface area contributed by atoms with E-state index >= 15 is 0 Å². The van der Waals surface area contributed by atoms with E-state index in [1.807, 2.05) is 24.3 Å². The minimum Gasteiger partial charge on any atom is -0.454 e. The van der Waals surface area contributed by atoms with Crippen LogP contribution in [0.4, 0.5) is 34.6 Å². The predicted molar refractivity (Wildman–Crippen MR) is 288 cm³/mol. The minimum absolute atomic E-state index is 0.549. The van der Waals surface area contributed by atoms with Crippen molar-refractivity contribution < 1.29 is 4.42 Å². The van der Waals surface area contributed by atoms with Crippen molar-refractivity contribution in [2.24, 2.45) is 0 Å². The van der Waals surface area contributed by atoms with Crippen LogP contribution >= 0.6 is 22.7 Å². The van der Waals surface area contributed by atoms with Crippen molar-refractivity contribution in [1.82, 2.24) is 19.9 Å². The van der Waals surface area contributed by atoms with Crippen molar-refractivity contribution in [1.29, 1.82) is 0 Å². The summed E-state index contributed by atoms with van der Waals surface area (Å²) in [6.07, 6.45) is 0. The van der Waals surface area contributed by atoms with E-state index in [2.05, 4.69) is 204 Å². The molecular formula is C60H36N6OS2. The van der Waals surface area contributed by atoms with Gasteiger partial charge in [0.15, 0.2) is 5.58 Å². The number of aromatic nitrogens is 4. The highest BCUT2D eigenvalue weighted by molar-refractivity contribution is 7.26. The lowest BCUT2D eigenvalue weighted by atomic mass is 10.0. The summed E-state index contributed by atoms with van der Waals surface area (Å²) in [5.74, 6) is 1.13. The minimum atomic E-state index is 0.549. The number of hydrogen-bond acceptors (Lipinski definition) is 9. The van der Waals surface area contributed by atoms with Crippen LogP contribution in [0.3, 0.4) is 0 Å². The van der Waals surface area contributed by atoms with Crippen LogP contribution in [0.15, 0.2) is 223 Å². The summed E-state index contributed by atoms with van der Waals surface area (Å²) in [6.45, 7) is 0. The Morgan fingerprint density at radius 3 is 1.42 bits per heavy atom. The van der Waals surface area contributed by atoms with E-state index in [0.29, 0.717) is 11.9 Å². The Bertz CT molecular complexity index is 4270. The molecule has 0 unspecified atom stereocenters. The highest BCUT2D eigenvalue weighted by atomic mass is 32.1. The molecule has 0 bridgehead atoms. The second-order valence-corrected chi connectivity index (χ2v) is 19.1. The maximum Gasteiger partial charge on any atom is 0.236 e. The molecule has 7 nitrogen and oxygen atoms in total. The van der Waals surface area contributed by atoms with Gasteiger partial charge in [-0.3, -0.25) is 9.80 Å². The van der Waals surface area contributed by atoms with Gasteiger partial charge in [0.2, 0.25) is 11.9 Å². The van der Waals surface area contributed by atoms with Crippen LogP contribution in [0.5, 0.6) is 0 Å². The largest absolute Gasteiger partial charge is 0.454 e. The SMILES string of the molecule is c1ccc(-c2nc(N(c3ccccc3)c3ccc4oc5c(N(c6ccccc6)c6nc(-c7ccccc7)c7sc8ccccc8c7n6)c6ccccc6cc5c4c3)nc3c2sc2ccccc23)cc1. The molecule has 69 heavy (non-hydrogen) atoms. The molecule has 0 atom stereocenters. The second kappa shape index (κ2) is 16.0. The number of para-hydroxylation sites is 2. The monoisotopic (exact) mass is 920 g/mol. The topological polar surface area (TPSA) is 71.2 Å². The molecule has 5 aromatic heterocycles. The number of furan rings is 1. The lowest BCUT2D eigenvalue weighted by Crippen LogP contribution is -2.14. The zero-order valence-electron chi connectivity index (χ0n) is 36.7. The summed E-state index contributed by atoms with van der Waals surface area (Å²) in [4.78, 5) is 26.2. The highest BCUT2D eigenvalue weighted by Crippen LogP contribution is 2.49. The summed E-state index contributed by atoms with van der Waals surface area (Å²) in [7, 11) is 0. The van der Waals surface area contributed by atoms with Gasteiger partial charge in [-0.25, -0.2) is 19.9 Å². The molecule has 0 saturated heterocycles. The molecule has 0 aliphatic heterocycles. The maximum atomic E-state index is 7.15. The molecule has 14 aromatic rings. The molecule has 0 N–H and O–H groups in total. The number of rotatable bonds is 8. The van der Waals surface area contributed by atoms with Crippen LogP contribution in [-0.2, 0) is 0 Å². The van der Waals surface area contributed by atoms with Gasteiger partial charge in [-0.15, -0.1) is 22.7 Å². The molecule has 0 aliphatic carbocycles. The Hall–Kier alpha value is -8.76. The Morgan fingerprint density at radius 1 is 0.362 bits per heavy atom. The number of fused-ring (bicyclic) bond motifs is 10. The average molecular weight is 921 g/mol. The van der Waals surface area contributed by atoms with Crippen LogP contribution in [0.2, 0.25) is 0 Å². The zero-order chi connectivity index (χ0) is 45.4. The third-order valence-electron chi connectivity index (χ3n) is 12.9. The predicted octanol–water partition coefficient (Wildman–Crippen LogP) is 17.3. The van der Waals surface area contributed by atoms with Gasteiger partial charge in [0.05, 0.1) is 31.8 Å². The molecule has 0 saturated carbocycles. The molecule has 0 aliphatic rings. The maximum absolute atomic E-state index is 7.15. The van der Waals surface area contributed by atoms with E-state index in [1.165, 1.54) is 4.70 Å². The molecule has 324 valence electrons. The zero-order valence-corrected chi connectivity index (χ0v) is 38.3. The smallest absolute Gasteiger partial charge is 0.236 e. The van der Waals surface area contributed by atoms with Crippen LogP contribution in [-0.4, -0.2) is 19.9 Å². The number of thiophene rings is 2. The molecule has 0 radical (unpaired) electrons. The molecular weight excluding hydrogens is 885 g/mol. The highest BCUT2D eigenvalue weighted by Gasteiger charge is 2.28. The molecule has 0 amide bonds. The standard InChI is InChI=1S/C60H36N6OS2/c1-5-19-37(20-6-1)51-57-53(44-29-15-17-31-49(44)68-57)63-59(61-51)65(40-24-9-3-10-25-40)42-33-34-48-46(36-42)47-35-39-23-13-14-28-43(39)55(56(47)67-48)66(41-26-11-4-12-27-41)60-62-52(38-21-7-2-8-22-38)58-54(64-60)45-30-16-18-32-50(45)69-58/h1-36H. The summed E-state index contributed by atoms with van der Waals surface area (Å²) in [6, 6.07) is 75.8. The van der Waals surface area contributed by atoms with Crippen molar-refractivity contribution in [2.75, 3.05) is 9.80 Å². The quantitative estimate of drug-likeness (QED) is 0.150.